The van der Waals surface area contributed by atoms with E-state index in [-0.39, 0.29) is 86.4 Å². The van der Waals surface area contributed by atoms with Crippen LogP contribution in [0.3, 0.4) is 0 Å². The summed E-state index contributed by atoms with van der Waals surface area (Å²) in [6.45, 7) is 13.9. The Morgan fingerprint density at radius 2 is 1.49 bits per heavy atom. The molecule has 0 spiro atoms. The highest BCUT2D eigenvalue weighted by Gasteiger charge is 2.41. The summed E-state index contributed by atoms with van der Waals surface area (Å²) in [6, 6.07) is 14.6. The first-order valence-electron chi connectivity index (χ1n) is 27.6. The predicted molar refractivity (Wildman–Crippen MR) is 296 cm³/mol. The van der Waals surface area contributed by atoms with Gasteiger partial charge >= 0.3 is 6.09 Å². The lowest BCUT2D eigenvalue weighted by Gasteiger charge is -2.32. The maximum Gasteiger partial charge on any atom is 0.409 e. The third-order valence-electron chi connectivity index (χ3n) is 14.4. The number of amides is 9. The molecule has 438 valence electrons. The molecule has 2 aromatic carbocycles. The number of carbonyl (C=O) groups is 9. The van der Waals surface area contributed by atoms with Gasteiger partial charge in [0.05, 0.1) is 37.0 Å². The van der Waals surface area contributed by atoms with E-state index < -0.39 is 66.7 Å². The van der Waals surface area contributed by atoms with E-state index in [1.165, 1.54) is 9.80 Å². The van der Waals surface area contributed by atoms with Gasteiger partial charge in [0.25, 0.3) is 0 Å². The molecule has 2 atom stereocenters. The van der Waals surface area contributed by atoms with E-state index in [0.717, 1.165) is 18.4 Å². The van der Waals surface area contributed by atoms with E-state index in [9.17, 15) is 43.2 Å². The van der Waals surface area contributed by atoms with E-state index in [1.807, 2.05) is 47.6 Å². The Morgan fingerprint density at radius 1 is 0.812 bits per heavy atom. The van der Waals surface area contributed by atoms with Gasteiger partial charge in [0.1, 0.15) is 31.6 Å². The van der Waals surface area contributed by atoms with E-state index in [2.05, 4.69) is 36.9 Å². The van der Waals surface area contributed by atoms with E-state index >= 15 is 0 Å². The van der Waals surface area contributed by atoms with Crippen LogP contribution in [0.2, 0.25) is 0 Å². The van der Waals surface area contributed by atoms with Crippen LogP contribution in [0.25, 0.3) is 0 Å². The van der Waals surface area contributed by atoms with Crippen LogP contribution in [0.5, 0.6) is 0 Å². The molecule has 1 saturated carbocycles. The van der Waals surface area contributed by atoms with Gasteiger partial charge in [-0.25, -0.2) is 9.48 Å². The van der Waals surface area contributed by atoms with Gasteiger partial charge in [0.15, 0.2) is 0 Å². The van der Waals surface area contributed by atoms with Gasteiger partial charge in [0, 0.05) is 77.1 Å². The first-order valence-corrected chi connectivity index (χ1v) is 27.6. The maximum atomic E-state index is 13.4. The molecule has 80 heavy (non-hydrogen) atoms. The van der Waals surface area contributed by atoms with Crippen molar-refractivity contribution in [3.05, 3.63) is 77.6 Å². The van der Waals surface area contributed by atoms with Crippen molar-refractivity contribution in [3.63, 3.8) is 0 Å². The van der Waals surface area contributed by atoms with Crippen LogP contribution < -0.4 is 26.6 Å². The number of nitrogens with one attached hydrogen (secondary N) is 5. The molecule has 1 aliphatic heterocycles. The lowest BCUT2D eigenvalue weighted by Crippen LogP contribution is -2.50. The van der Waals surface area contributed by atoms with Gasteiger partial charge in [-0.3, -0.25) is 43.3 Å². The van der Waals surface area contributed by atoms with Crippen LogP contribution in [0.1, 0.15) is 110 Å². The molecular weight excluding hydrogens is 1030 g/mol. The van der Waals surface area contributed by atoms with Crippen molar-refractivity contribution in [1.29, 1.82) is 0 Å². The average Bonchev–Trinajstić information content (AvgIpc) is 4.08. The molecule has 2 unspecified atom stereocenters. The van der Waals surface area contributed by atoms with Gasteiger partial charge in [-0.1, -0.05) is 68.4 Å². The van der Waals surface area contributed by atoms with E-state index in [0.29, 0.717) is 62.3 Å². The third-order valence-corrected chi connectivity index (χ3v) is 14.4. The normalized spacial score (nSPS) is 16.9. The van der Waals surface area contributed by atoms with Crippen LogP contribution in [0, 0.1) is 23.7 Å². The number of benzene rings is 2. The Labute approximate surface area is 469 Å². The van der Waals surface area contributed by atoms with Gasteiger partial charge in [-0.2, -0.15) is 0 Å². The van der Waals surface area contributed by atoms with Gasteiger partial charge in [-0.05, 0) is 94.9 Å². The second-order valence-corrected chi connectivity index (χ2v) is 22.4. The fourth-order valence-corrected chi connectivity index (χ4v) is 9.10. The molecular formula is C57H83N11O12. The molecule has 2 aliphatic rings. The topological polar surface area (TPSA) is 282 Å². The zero-order chi connectivity index (χ0) is 58.6. The summed E-state index contributed by atoms with van der Waals surface area (Å²) in [5.74, 6) is -2.54. The quantitative estimate of drug-likeness (QED) is 0.0596. The van der Waals surface area contributed by atoms with E-state index in [1.54, 1.807) is 85.3 Å². The summed E-state index contributed by atoms with van der Waals surface area (Å²) in [6.07, 6.45) is 5.37. The van der Waals surface area contributed by atoms with E-state index in [4.69, 9.17) is 14.2 Å². The van der Waals surface area contributed by atoms with Crippen molar-refractivity contribution >= 4 is 59.0 Å². The highest BCUT2D eigenvalue weighted by atomic mass is 16.6. The Kier molecular flexibility index (Phi) is 24.1. The minimum Gasteiger partial charge on any atom is -0.445 e. The molecule has 9 amide bonds. The number of hydrogen-bond donors (Lipinski definition) is 5. The second kappa shape index (κ2) is 30.4. The fraction of sp³-hybridized carbons (Fsp3) is 0.596. The van der Waals surface area contributed by atoms with Crippen LogP contribution >= 0.6 is 0 Å². The molecule has 0 bridgehead atoms. The largest absolute Gasteiger partial charge is 0.445 e. The van der Waals surface area contributed by atoms with Crippen molar-refractivity contribution in [3.8, 4) is 0 Å². The minimum atomic E-state index is -1.07. The zero-order valence-corrected chi connectivity index (χ0v) is 48.0. The number of rotatable bonds is 30. The number of carbonyl (C=O) groups excluding carboxylic acids is 9. The minimum absolute atomic E-state index is 0.0105. The number of ether oxygens (including phenoxy) is 3. The summed E-state index contributed by atoms with van der Waals surface area (Å²) >= 11 is 0. The number of aromatic nitrogens is 3. The van der Waals surface area contributed by atoms with Gasteiger partial charge < -0.3 is 50.6 Å². The summed E-state index contributed by atoms with van der Waals surface area (Å²) < 4.78 is 18.8. The molecule has 5 rings (SSSR count). The van der Waals surface area contributed by atoms with Crippen molar-refractivity contribution in [1.82, 2.24) is 51.0 Å². The summed E-state index contributed by atoms with van der Waals surface area (Å²) in [5.41, 5.74) is 1.19. The van der Waals surface area contributed by atoms with Crippen molar-refractivity contribution in [2.24, 2.45) is 23.7 Å². The Hall–Kier alpha value is -7.27. The lowest BCUT2D eigenvalue weighted by molar-refractivity contribution is -0.141. The number of likely N-dealkylation sites (N-methyl/N-ethyl adjacent to an activating group) is 2. The Bertz CT molecular complexity index is 2580. The molecule has 0 radical (unpaired) electrons. The summed E-state index contributed by atoms with van der Waals surface area (Å²) in [4.78, 5) is 119. The average molecular weight is 1110 g/mol. The molecule has 1 aliphatic carbocycles. The number of likely N-dealkylation sites (tertiary alicyclic amines) is 1. The Morgan fingerprint density at radius 3 is 2.15 bits per heavy atom. The fourth-order valence-electron chi connectivity index (χ4n) is 9.10. The first kappa shape index (κ1) is 63.6. The van der Waals surface area contributed by atoms with Crippen molar-refractivity contribution < 1.29 is 57.4 Å². The highest BCUT2D eigenvalue weighted by molar-refractivity contribution is 6.03. The number of hydrogen-bond acceptors (Lipinski definition) is 14. The Balaban J connectivity index is 0.959. The number of nitrogens with zero attached hydrogens (tertiary/aromatic N) is 6. The van der Waals surface area contributed by atoms with Crippen LogP contribution in [0.15, 0.2) is 60.8 Å². The molecule has 1 saturated heterocycles. The molecule has 1 aromatic heterocycles. The van der Waals surface area contributed by atoms with Crippen molar-refractivity contribution in [2.45, 2.75) is 130 Å². The standard InChI is InChI=1S/C57H83N11O12/c1-10-50(72)65(8)26-27-66(9)55(77)79-34-41-18-22-43(23-19-41)61-47(69)31-60-53(75)46(28-39-14-12-11-13-15-39)62-49(71)36-78-35-48(70)58-25-24-57(6,7)80-37-56(4,5)68-33-44(63-64-68)30-59-52(74)42-20-16-40(17-21-42)32-67-51(73)29-45(38(2)3)54(67)76/h11-15,18-19,22-23,33,38,40,42,45-46H,10,16-17,20-21,24-32,34-37H2,1-9H3,(H,58,70)(H,59,74)(H,60,75)(H,61,69)(H,62,71). The molecule has 2 fully saturated rings. The molecule has 5 N–H and O–H groups in total. The second-order valence-electron chi connectivity index (χ2n) is 22.4. The zero-order valence-electron chi connectivity index (χ0n) is 48.0. The molecule has 2 heterocycles. The SMILES string of the molecule is CCC(=O)N(C)CCN(C)C(=O)OCc1ccc(NC(=O)CNC(=O)C(Cc2ccccc2)NC(=O)COCC(=O)NCCC(C)(C)OCC(C)(C)n2cc(CNC(=O)C3CCC(CN4C(=O)CC(C(C)C)C4=O)CC3)nn2)cc1. The van der Waals surface area contributed by atoms with Crippen LogP contribution in [0.4, 0.5) is 10.5 Å². The van der Waals surface area contributed by atoms with Crippen LogP contribution in [-0.2, 0) is 77.7 Å². The third kappa shape index (κ3) is 20.4. The van der Waals surface area contributed by atoms with Gasteiger partial charge in [-0.15, -0.1) is 5.10 Å². The number of imide groups is 1. The predicted octanol–water partition coefficient (Wildman–Crippen LogP) is 3.70. The molecule has 23 nitrogen and oxygen atoms in total. The maximum absolute atomic E-state index is 13.4. The smallest absolute Gasteiger partial charge is 0.409 e. The van der Waals surface area contributed by atoms with Crippen molar-refractivity contribution in [2.75, 3.05) is 72.0 Å². The van der Waals surface area contributed by atoms with Gasteiger partial charge in [0.2, 0.25) is 47.3 Å². The van der Waals surface area contributed by atoms with Crippen LogP contribution in [-0.4, -0.2) is 161 Å². The highest BCUT2D eigenvalue weighted by Crippen LogP contribution is 2.33. The lowest BCUT2D eigenvalue weighted by atomic mass is 9.81. The monoisotopic (exact) mass is 1110 g/mol. The molecule has 23 heteroatoms. The molecule has 3 aromatic rings. The number of anilines is 1. The summed E-state index contributed by atoms with van der Waals surface area (Å²) in [5, 5.41) is 22.3. The first-order chi connectivity index (χ1) is 37.9. The summed E-state index contributed by atoms with van der Waals surface area (Å²) in [7, 11) is 3.26.